The van der Waals surface area contributed by atoms with Gasteiger partial charge in [0.15, 0.2) is 0 Å². The summed E-state index contributed by atoms with van der Waals surface area (Å²) >= 11 is 0. The summed E-state index contributed by atoms with van der Waals surface area (Å²) in [6, 6.07) is -0.0949. The Morgan fingerprint density at radius 1 is 0.711 bits per heavy atom. The van der Waals surface area contributed by atoms with Crippen molar-refractivity contribution in [3.05, 3.63) is 24.3 Å². The lowest BCUT2D eigenvalue weighted by Crippen LogP contribution is -2.38. The average molecular weight is 532 g/mol. The van der Waals surface area contributed by atoms with Gasteiger partial charge in [-0.25, -0.2) is 0 Å². The third-order valence-corrected chi connectivity index (χ3v) is 8.10. The van der Waals surface area contributed by atoms with Crippen LogP contribution in [0, 0.1) is 5.92 Å². The molecule has 1 aliphatic rings. The molecular weight excluding hydrogens is 470 g/mol. The Kier molecular flexibility index (Phi) is 22.2. The molecule has 0 aliphatic carbocycles. The van der Waals surface area contributed by atoms with E-state index in [4.69, 9.17) is 0 Å². The molecule has 1 N–H and O–H groups in total. The van der Waals surface area contributed by atoms with Crippen molar-refractivity contribution in [2.75, 3.05) is 6.54 Å². The molecule has 0 radical (unpaired) electrons. The van der Waals surface area contributed by atoms with Crippen molar-refractivity contribution in [1.29, 1.82) is 0 Å². The van der Waals surface area contributed by atoms with Gasteiger partial charge in [0.25, 0.3) is 0 Å². The molecule has 1 rings (SSSR count). The van der Waals surface area contributed by atoms with Gasteiger partial charge in [0, 0.05) is 19.0 Å². The number of carboxylic acids is 1. The second-order valence-corrected chi connectivity index (χ2v) is 11.5. The van der Waals surface area contributed by atoms with Gasteiger partial charge < -0.3 is 10.0 Å². The van der Waals surface area contributed by atoms with E-state index in [1.807, 2.05) is 4.90 Å². The maximum Gasteiger partial charge on any atom is 0.309 e. The van der Waals surface area contributed by atoms with E-state index in [2.05, 4.69) is 38.2 Å². The highest BCUT2D eigenvalue weighted by Crippen LogP contribution is 2.30. The van der Waals surface area contributed by atoms with Crippen molar-refractivity contribution in [3.8, 4) is 0 Å². The molecule has 0 aromatic heterocycles. The number of carbonyl (C=O) groups is 2. The van der Waals surface area contributed by atoms with E-state index in [-0.39, 0.29) is 18.4 Å². The number of nitrogens with zero attached hydrogens (tertiary/aromatic N) is 1. The van der Waals surface area contributed by atoms with Gasteiger partial charge in [-0.05, 0) is 44.9 Å². The zero-order valence-electron chi connectivity index (χ0n) is 25.1. The minimum absolute atomic E-state index is 0.0564. The number of aliphatic carboxylic acids is 1. The highest BCUT2D eigenvalue weighted by molar-refractivity contribution is 5.87. The van der Waals surface area contributed by atoms with Gasteiger partial charge in [0.2, 0.25) is 5.91 Å². The number of likely N-dealkylation sites (tertiary alicyclic amines) is 1. The summed E-state index contributed by atoms with van der Waals surface area (Å²) < 4.78 is 0. The summed E-state index contributed by atoms with van der Waals surface area (Å²) in [6.07, 6.45) is 36.1. The summed E-state index contributed by atoms with van der Waals surface area (Å²) in [6.45, 7) is 5.23. The van der Waals surface area contributed by atoms with Gasteiger partial charge in [-0.2, -0.15) is 0 Å². The highest BCUT2D eigenvalue weighted by Gasteiger charge is 2.42. The Hall–Kier alpha value is -1.58. The van der Waals surface area contributed by atoms with Crippen LogP contribution in [0.25, 0.3) is 0 Å². The number of allylic oxidation sites excluding steroid dienone is 4. The first-order valence-electron chi connectivity index (χ1n) is 16.4. The number of rotatable bonds is 26. The first-order chi connectivity index (χ1) is 18.6. The van der Waals surface area contributed by atoms with Crippen molar-refractivity contribution in [2.45, 2.75) is 168 Å². The highest BCUT2D eigenvalue weighted by atomic mass is 16.4. The molecule has 0 saturated carbocycles. The summed E-state index contributed by atoms with van der Waals surface area (Å²) in [5.74, 6) is -1.25. The topological polar surface area (TPSA) is 57.6 Å². The number of unbranched alkanes of at least 4 members (excludes halogenated alkanes) is 17. The SMILES string of the molecule is CCCCC/C=C\C/C=C\CCCCCCCCN1C(=O)CC(C(=O)O)C1CCCCCCCCCCC. The lowest BCUT2D eigenvalue weighted by molar-refractivity contribution is -0.142. The molecule has 2 unspecified atom stereocenters. The van der Waals surface area contributed by atoms with Crippen LogP contribution in [-0.4, -0.2) is 34.5 Å². The minimum Gasteiger partial charge on any atom is -0.481 e. The first kappa shape index (κ1) is 34.4. The normalized spacial score (nSPS) is 17.9. The number of hydrogen-bond donors (Lipinski definition) is 1. The van der Waals surface area contributed by atoms with Crippen LogP contribution in [0.4, 0.5) is 0 Å². The molecule has 0 bridgehead atoms. The van der Waals surface area contributed by atoms with E-state index in [1.54, 1.807) is 0 Å². The molecule has 4 heteroatoms. The van der Waals surface area contributed by atoms with Crippen LogP contribution in [0.1, 0.15) is 162 Å². The lowest BCUT2D eigenvalue weighted by Gasteiger charge is -2.27. The third-order valence-electron chi connectivity index (χ3n) is 8.10. The van der Waals surface area contributed by atoms with Crippen LogP contribution in [-0.2, 0) is 9.59 Å². The molecule has 0 spiro atoms. The largest absolute Gasteiger partial charge is 0.481 e. The molecule has 1 fully saturated rings. The molecule has 4 nitrogen and oxygen atoms in total. The van der Waals surface area contributed by atoms with Crippen LogP contribution in [0.15, 0.2) is 24.3 Å². The van der Waals surface area contributed by atoms with Gasteiger partial charge in [-0.15, -0.1) is 0 Å². The Bertz CT molecular complexity index is 642. The molecular formula is C34H61NO3. The molecule has 38 heavy (non-hydrogen) atoms. The Balaban J connectivity index is 2.13. The first-order valence-corrected chi connectivity index (χ1v) is 16.4. The maximum atomic E-state index is 12.6. The molecule has 1 aliphatic heterocycles. The van der Waals surface area contributed by atoms with Gasteiger partial charge in [-0.1, -0.05) is 134 Å². The van der Waals surface area contributed by atoms with Gasteiger partial charge in [0.1, 0.15) is 0 Å². The van der Waals surface area contributed by atoms with E-state index in [0.29, 0.717) is 0 Å². The van der Waals surface area contributed by atoms with Crippen LogP contribution >= 0.6 is 0 Å². The monoisotopic (exact) mass is 531 g/mol. The molecule has 220 valence electrons. The van der Waals surface area contributed by atoms with Crippen LogP contribution in [0.2, 0.25) is 0 Å². The predicted octanol–water partition coefficient (Wildman–Crippen LogP) is 10.0. The van der Waals surface area contributed by atoms with Crippen molar-refractivity contribution >= 4 is 11.9 Å². The van der Waals surface area contributed by atoms with Gasteiger partial charge in [-0.3, -0.25) is 9.59 Å². The van der Waals surface area contributed by atoms with Gasteiger partial charge in [0.05, 0.1) is 5.92 Å². The fourth-order valence-corrected chi connectivity index (χ4v) is 5.68. The zero-order valence-corrected chi connectivity index (χ0v) is 25.1. The van der Waals surface area contributed by atoms with E-state index < -0.39 is 11.9 Å². The standard InChI is InChI=1S/C34H61NO3/c1-3-5-7-9-11-13-14-15-16-17-18-19-21-23-25-27-29-35-32(31(34(37)38)30-33(35)36)28-26-24-22-20-12-10-8-6-4-2/h11,13,15-16,31-32H,3-10,12,14,17-30H2,1-2H3,(H,37,38)/b13-11-,16-15-. The second kappa shape index (κ2) is 24.5. The second-order valence-electron chi connectivity index (χ2n) is 11.5. The number of carboxylic acid groups (broad SMARTS) is 1. The Labute approximate surface area is 235 Å². The smallest absolute Gasteiger partial charge is 0.309 e. The lowest BCUT2D eigenvalue weighted by atomic mass is 9.94. The van der Waals surface area contributed by atoms with Gasteiger partial charge >= 0.3 is 5.97 Å². The van der Waals surface area contributed by atoms with Crippen LogP contribution in [0.5, 0.6) is 0 Å². The number of carbonyl (C=O) groups excluding carboxylic acids is 1. The average Bonchev–Trinajstić information content (AvgIpc) is 3.22. The summed E-state index contributed by atoms with van der Waals surface area (Å²) in [5.41, 5.74) is 0. The van der Waals surface area contributed by atoms with Crippen molar-refractivity contribution in [3.63, 3.8) is 0 Å². The molecule has 0 aromatic carbocycles. The minimum atomic E-state index is -0.793. The van der Waals surface area contributed by atoms with Crippen molar-refractivity contribution in [2.24, 2.45) is 5.92 Å². The van der Waals surface area contributed by atoms with Crippen LogP contribution < -0.4 is 0 Å². The Morgan fingerprint density at radius 3 is 1.76 bits per heavy atom. The summed E-state index contributed by atoms with van der Waals surface area (Å²) in [7, 11) is 0. The fourth-order valence-electron chi connectivity index (χ4n) is 5.68. The molecule has 1 amide bonds. The summed E-state index contributed by atoms with van der Waals surface area (Å²) in [5, 5.41) is 9.69. The number of hydrogen-bond acceptors (Lipinski definition) is 2. The Morgan fingerprint density at radius 2 is 1.18 bits per heavy atom. The molecule has 2 atom stereocenters. The molecule has 0 aromatic rings. The van der Waals surface area contributed by atoms with E-state index in [0.717, 1.165) is 45.1 Å². The zero-order chi connectivity index (χ0) is 27.7. The van der Waals surface area contributed by atoms with Crippen molar-refractivity contribution in [1.82, 2.24) is 4.90 Å². The van der Waals surface area contributed by atoms with E-state index in [1.165, 1.54) is 103 Å². The summed E-state index contributed by atoms with van der Waals surface area (Å²) in [4.78, 5) is 26.3. The van der Waals surface area contributed by atoms with Crippen molar-refractivity contribution < 1.29 is 14.7 Å². The van der Waals surface area contributed by atoms with Crippen LogP contribution in [0.3, 0.4) is 0 Å². The quantitative estimate of drug-likeness (QED) is 0.0892. The maximum absolute atomic E-state index is 12.6. The molecule has 1 heterocycles. The third kappa shape index (κ3) is 17.1. The fraction of sp³-hybridized carbons (Fsp3) is 0.824. The number of amides is 1. The van der Waals surface area contributed by atoms with E-state index in [9.17, 15) is 14.7 Å². The predicted molar refractivity (Wildman–Crippen MR) is 162 cm³/mol. The molecule has 1 saturated heterocycles. The van der Waals surface area contributed by atoms with E-state index >= 15 is 0 Å².